The van der Waals surface area contributed by atoms with E-state index in [1.165, 1.54) is 24.3 Å². The minimum atomic E-state index is -1.40. The number of nitrogens with one attached hydrogen (secondary N) is 1. The Hall–Kier alpha value is -4.00. The summed E-state index contributed by atoms with van der Waals surface area (Å²) in [5.74, 6) is -2.66. The number of benzene rings is 3. The van der Waals surface area contributed by atoms with Crippen LogP contribution >= 0.6 is 0 Å². The molecular formula is C26H21F2NO4. The lowest BCUT2D eigenvalue weighted by molar-refractivity contribution is 0.0693. The van der Waals surface area contributed by atoms with Gasteiger partial charge in [-0.1, -0.05) is 24.3 Å². The van der Waals surface area contributed by atoms with E-state index in [-0.39, 0.29) is 33.6 Å². The first kappa shape index (κ1) is 22.2. The molecule has 0 bridgehead atoms. The van der Waals surface area contributed by atoms with Crippen molar-refractivity contribution in [3.05, 3.63) is 98.7 Å². The second-order valence-electron chi connectivity index (χ2n) is 7.93. The highest BCUT2D eigenvalue weighted by Crippen LogP contribution is 2.33. The third-order valence-electron chi connectivity index (χ3n) is 5.58. The summed E-state index contributed by atoms with van der Waals surface area (Å²) < 4.78 is 34.7. The Balaban J connectivity index is 1.92. The van der Waals surface area contributed by atoms with Gasteiger partial charge in [0.2, 0.25) is 0 Å². The maximum atomic E-state index is 14.5. The zero-order chi connectivity index (χ0) is 23.9. The Morgan fingerprint density at radius 3 is 2.42 bits per heavy atom. The zero-order valence-corrected chi connectivity index (χ0v) is 18.2. The van der Waals surface area contributed by atoms with E-state index in [1.807, 2.05) is 6.92 Å². The van der Waals surface area contributed by atoms with Gasteiger partial charge in [0, 0.05) is 11.1 Å². The Bertz CT molecular complexity index is 1460. The number of aromatic carboxylic acids is 1. The second-order valence-corrected chi connectivity index (χ2v) is 7.93. The summed E-state index contributed by atoms with van der Waals surface area (Å²) in [6.07, 6.45) is 0. The van der Waals surface area contributed by atoms with Gasteiger partial charge in [0.15, 0.2) is 5.43 Å². The molecule has 33 heavy (non-hydrogen) atoms. The van der Waals surface area contributed by atoms with Crippen LogP contribution in [0.4, 0.5) is 14.5 Å². The summed E-state index contributed by atoms with van der Waals surface area (Å²) >= 11 is 0. The van der Waals surface area contributed by atoms with Crippen molar-refractivity contribution in [2.75, 3.05) is 5.32 Å². The predicted octanol–water partition coefficient (Wildman–Crippen LogP) is 6.23. The standard InChI is InChI=1S/C26H21F2NO4/c1-13-11-17(15(3)29-21-10-6-9-20(28)22(21)26(31)32)25-18(12-13)23(30)14(2)24(33-25)16-7-4-5-8-19(16)27/h4-12,15,29H,1-3H3,(H,31,32). The molecule has 1 atom stereocenters. The van der Waals surface area contributed by atoms with Crippen molar-refractivity contribution in [1.29, 1.82) is 0 Å². The number of hydrogen-bond donors (Lipinski definition) is 2. The summed E-state index contributed by atoms with van der Waals surface area (Å²) in [7, 11) is 0. The van der Waals surface area contributed by atoms with Crippen LogP contribution < -0.4 is 10.7 Å². The molecule has 0 fully saturated rings. The Morgan fingerprint density at radius 2 is 1.73 bits per heavy atom. The predicted molar refractivity (Wildman–Crippen MR) is 123 cm³/mol. The van der Waals surface area contributed by atoms with Crippen LogP contribution in [0.1, 0.15) is 40.0 Å². The van der Waals surface area contributed by atoms with Gasteiger partial charge < -0.3 is 14.8 Å². The van der Waals surface area contributed by atoms with Gasteiger partial charge in [-0.05, 0) is 56.7 Å². The molecule has 4 rings (SSSR count). The van der Waals surface area contributed by atoms with Crippen LogP contribution in [0.2, 0.25) is 0 Å². The molecule has 3 aromatic carbocycles. The first-order valence-corrected chi connectivity index (χ1v) is 10.3. The maximum absolute atomic E-state index is 14.5. The fourth-order valence-electron chi connectivity index (χ4n) is 3.96. The molecule has 1 aromatic heterocycles. The lowest BCUT2D eigenvalue weighted by Crippen LogP contribution is -2.14. The van der Waals surface area contributed by atoms with Crippen molar-refractivity contribution in [2.45, 2.75) is 26.8 Å². The number of fused-ring (bicyclic) bond motifs is 1. The number of rotatable bonds is 5. The number of carboxylic acids is 1. The van der Waals surface area contributed by atoms with Crippen LogP contribution in [-0.2, 0) is 0 Å². The largest absolute Gasteiger partial charge is 0.478 e. The summed E-state index contributed by atoms with van der Waals surface area (Å²) in [5.41, 5.74) is 1.36. The van der Waals surface area contributed by atoms with Gasteiger partial charge in [-0.3, -0.25) is 4.79 Å². The Kier molecular flexibility index (Phi) is 5.72. The normalized spacial score (nSPS) is 12.0. The molecule has 0 radical (unpaired) electrons. The van der Waals surface area contributed by atoms with Gasteiger partial charge in [-0.2, -0.15) is 0 Å². The van der Waals surface area contributed by atoms with Crippen molar-refractivity contribution in [3.8, 4) is 11.3 Å². The Morgan fingerprint density at radius 1 is 1.03 bits per heavy atom. The molecule has 0 amide bonds. The topological polar surface area (TPSA) is 79.5 Å². The SMILES string of the molecule is Cc1cc(C(C)Nc2cccc(F)c2C(=O)O)c2oc(-c3ccccc3F)c(C)c(=O)c2c1. The number of anilines is 1. The van der Waals surface area contributed by atoms with E-state index < -0.39 is 29.2 Å². The highest BCUT2D eigenvalue weighted by molar-refractivity contribution is 5.94. The molecule has 7 heteroatoms. The fraction of sp³-hybridized carbons (Fsp3) is 0.154. The smallest absolute Gasteiger partial charge is 0.340 e. The van der Waals surface area contributed by atoms with Gasteiger partial charge in [0.25, 0.3) is 0 Å². The van der Waals surface area contributed by atoms with Crippen LogP contribution in [0.3, 0.4) is 0 Å². The molecular weight excluding hydrogens is 428 g/mol. The molecule has 4 aromatic rings. The third kappa shape index (κ3) is 3.98. The third-order valence-corrected chi connectivity index (χ3v) is 5.58. The van der Waals surface area contributed by atoms with Crippen molar-refractivity contribution in [3.63, 3.8) is 0 Å². The van der Waals surface area contributed by atoms with Crippen LogP contribution in [0.5, 0.6) is 0 Å². The number of aryl methyl sites for hydroxylation is 1. The first-order valence-electron chi connectivity index (χ1n) is 10.3. The van der Waals surface area contributed by atoms with E-state index in [9.17, 15) is 23.5 Å². The van der Waals surface area contributed by atoms with E-state index >= 15 is 0 Å². The average Bonchev–Trinajstić information content (AvgIpc) is 2.76. The first-order chi connectivity index (χ1) is 15.7. The molecule has 2 N–H and O–H groups in total. The maximum Gasteiger partial charge on any atom is 0.340 e. The quantitative estimate of drug-likeness (QED) is 0.378. The summed E-state index contributed by atoms with van der Waals surface area (Å²) in [6.45, 7) is 5.15. The molecule has 0 aliphatic heterocycles. The summed E-state index contributed by atoms with van der Waals surface area (Å²) in [5, 5.41) is 12.8. The van der Waals surface area contributed by atoms with Crippen LogP contribution in [0.25, 0.3) is 22.3 Å². The number of halogens is 2. The van der Waals surface area contributed by atoms with Crippen LogP contribution in [-0.4, -0.2) is 11.1 Å². The highest BCUT2D eigenvalue weighted by atomic mass is 19.1. The van der Waals surface area contributed by atoms with E-state index in [2.05, 4.69) is 5.32 Å². The van der Waals surface area contributed by atoms with Gasteiger partial charge in [0.05, 0.1) is 22.7 Å². The monoisotopic (exact) mass is 449 g/mol. The molecule has 5 nitrogen and oxygen atoms in total. The van der Waals surface area contributed by atoms with E-state index in [1.54, 1.807) is 38.1 Å². The lowest BCUT2D eigenvalue weighted by atomic mass is 9.98. The van der Waals surface area contributed by atoms with Crippen molar-refractivity contribution >= 4 is 22.6 Å². The molecule has 1 heterocycles. The molecule has 0 saturated carbocycles. The number of carboxylic acid groups (broad SMARTS) is 1. The van der Waals surface area contributed by atoms with Crippen molar-refractivity contribution in [1.82, 2.24) is 0 Å². The van der Waals surface area contributed by atoms with E-state index in [0.29, 0.717) is 10.9 Å². The van der Waals surface area contributed by atoms with Crippen molar-refractivity contribution in [2.24, 2.45) is 0 Å². The highest BCUT2D eigenvalue weighted by Gasteiger charge is 2.22. The van der Waals surface area contributed by atoms with Crippen LogP contribution in [0.15, 0.2) is 63.8 Å². The Labute approximate surface area is 188 Å². The molecule has 0 saturated heterocycles. The van der Waals surface area contributed by atoms with Gasteiger partial charge >= 0.3 is 5.97 Å². The second kappa shape index (κ2) is 8.50. The van der Waals surface area contributed by atoms with Gasteiger partial charge in [-0.15, -0.1) is 0 Å². The summed E-state index contributed by atoms with van der Waals surface area (Å²) in [6, 6.07) is 12.9. The van der Waals surface area contributed by atoms with E-state index in [0.717, 1.165) is 11.6 Å². The van der Waals surface area contributed by atoms with Crippen molar-refractivity contribution < 1.29 is 23.1 Å². The number of hydrogen-bond acceptors (Lipinski definition) is 4. The lowest BCUT2D eigenvalue weighted by Gasteiger charge is -2.20. The minimum absolute atomic E-state index is 0.0912. The fourth-order valence-corrected chi connectivity index (χ4v) is 3.96. The van der Waals surface area contributed by atoms with E-state index in [4.69, 9.17) is 4.42 Å². The minimum Gasteiger partial charge on any atom is -0.478 e. The molecule has 0 aliphatic rings. The number of carbonyl (C=O) groups is 1. The molecule has 0 aliphatic carbocycles. The summed E-state index contributed by atoms with van der Waals surface area (Å²) in [4.78, 5) is 24.7. The molecule has 168 valence electrons. The zero-order valence-electron chi connectivity index (χ0n) is 18.2. The molecule has 1 unspecified atom stereocenters. The molecule has 0 spiro atoms. The van der Waals surface area contributed by atoms with Crippen LogP contribution in [0, 0.1) is 25.5 Å². The van der Waals surface area contributed by atoms with Gasteiger partial charge in [0.1, 0.15) is 28.5 Å². The average molecular weight is 449 g/mol. The van der Waals surface area contributed by atoms with Gasteiger partial charge in [-0.25, -0.2) is 13.6 Å².